The van der Waals surface area contributed by atoms with Crippen molar-refractivity contribution in [2.24, 2.45) is 4.99 Å². The van der Waals surface area contributed by atoms with Gasteiger partial charge in [-0.15, -0.1) is 9.24 Å². The molecule has 0 aliphatic carbocycles. The van der Waals surface area contributed by atoms with Gasteiger partial charge in [-0.1, -0.05) is 24.3 Å². The maximum absolute atomic E-state index is 9.75. The number of hydrogen-bond donors (Lipinski definition) is 0. The minimum atomic E-state index is 0.425. The fourth-order valence-corrected chi connectivity index (χ4v) is 0.939. The van der Waals surface area contributed by atoms with Crippen LogP contribution >= 0.6 is 9.24 Å². The van der Waals surface area contributed by atoms with E-state index in [4.69, 9.17) is 0 Å². The first kappa shape index (κ1) is 8.13. The smallest absolute Gasteiger partial charge is 0.211 e. The first-order chi connectivity index (χ1) is 5.33. The molecule has 0 amide bonds. The summed E-state index contributed by atoms with van der Waals surface area (Å²) in [6.45, 7) is 0.425. The van der Waals surface area contributed by atoms with Gasteiger partial charge in [-0.05, 0) is 10.9 Å². The molecule has 1 atom stereocenters. The summed E-state index contributed by atoms with van der Waals surface area (Å²) in [6, 6.07) is 7.78. The van der Waals surface area contributed by atoms with Crippen LogP contribution in [0.25, 0.3) is 0 Å². The van der Waals surface area contributed by atoms with Crippen molar-refractivity contribution >= 4 is 20.6 Å². The Morgan fingerprint density at radius 1 is 1.36 bits per heavy atom. The quantitative estimate of drug-likeness (QED) is 0.365. The molecule has 0 bridgehead atoms. The molecule has 0 aliphatic heterocycles. The van der Waals surface area contributed by atoms with Crippen LogP contribution in [-0.4, -0.2) is 6.08 Å². The summed E-state index contributed by atoms with van der Waals surface area (Å²) in [5.74, 6) is 0. The third-order valence-corrected chi connectivity index (χ3v) is 1.69. The standard InChI is InChI=1S/C8H8NOP/c10-6-9-5-7-1-3-8(11)4-2-7/h1-4H,5,11H2. The highest BCUT2D eigenvalue weighted by Gasteiger charge is 1.88. The summed E-state index contributed by atoms with van der Waals surface area (Å²) in [4.78, 5) is 13.2. The van der Waals surface area contributed by atoms with Gasteiger partial charge in [-0.2, -0.15) is 0 Å². The van der Waals surface area contributed by atoms with E-state index >= 15 is 0 Å². The van der Waals surface area contributed by atoms with Crippen LogP contribution in [-0.2, 0) is 11.3 Å². The Balaban J connectivity index is 2.73. The Morgan fingerprint density at radius 3 is 2.55 bits per heavy atom. The predicted molar refractivity (Wildman–Crippen MR) is 47.6 cm³/mol. The molecule has 3 heteroatoms. The molecule has 0 saturated carbocycles. The van der Waals surface area contributed by atoms with E-state index in [1.54, 1.807) is 0 Å². The summed E-state index contributed by atoms with van der Waals surface area (Å²) in [7, 11) is 2.59. The van der Waals surface area contributed by atoms with E-state index in [-0.39, 0.29) is 0 Å². The van der Waals surface area contributed by atoms with Gasteiger partial charge in [0.1, 0.15) is 0 Å². The molecular formula is C8H8NOP. The zero-order chi connectivity index (χ0) is 8.10. The molecular weight excluding hydrogens is 157 g/mol. The van der Waals surface area contributed by atoms with Crippen molar-refractivity contribution in [3.63, 3.8) is 0 Å². The largest absolute Gasteiger partial charge is 0.235 e. The van der Waals surface area contributed by atoms with Crippen molar-refractivity contribution in [3.05, 3.63) is 29.8 Å². The van der Waals surface area contributed by atoms with E-state index < -0.39 is 0 Å². The maximum atomic E-state index is 9.75. The molecule has 0 fully saturated rings. The predicted octanol–water partition coefficient (Wildman–Crippen LogP) is 1.02. The number of rotatable bonds is 2. The number of nitrogens with zero attached hydrogens (tertiary/aromatic N) is 1. The highest BCUT2D eigenvalue weighted by Crippen LogP contribution is 1.99. The molecule has 0 radical (unpaired) electrons. The first-order valence-electron chi connectivity index (χ1n) is 3.21. The Morgan fingerprint density at radius 2 is 2.00 bits per heavy atom. The number of aliphatic imine (C=N–C) groups is 1. The molecule has 0 saturated heterocycles. The second-order valence-corrected chi connectivity index (χ2v) is 2.82. The Kier molecular flexibility index (Phi) is 2.97. The fraction of sp³-hybridized carbons (Fsp3) is 0.125. The van der Waals surface area contributed by atoms with Gasteiger partial charge in [0.25, 0.3) is 0 Å². The van der Waals surface area contributed by atoms with Gasteiger partial charge in [-0.25, -0.2) is 9.79 Å². The lowest BCUT2D eigenvalue weighted by molar-refractivity contribution is 0.563. The molecule has 0 heterocycles. The lowest BCUT2D eigenvalue weighted by Gasteiger charge is -1.94. The molecule has 0 aromatic heterocycles. The molecule has 1 unspecified atom stereocenters. The van der Waals surface area contributed by atoms with E-state index in [1.807, 2.05) is 24.3 Å². The third kappa shape index (κ3) is 2.63. The topological polar surface area (TPSA) is 29.4 Å². The molecule has 11 heavy (non-hydrogen) atoms. The zero-order valence-corrected chi connectivity index (χ0v) is 7.10. The average molecular weight is 165 g/mol. The van der Waals surface area contributed by atoms with Crippen molar-refractivity contribution in [1.82, 2.24) is 0 Å². The molecule has 0 N–H and O–H groups in total. The lowest BCUT2D eigenvalue weighted by Crippen LogP contribution is -1.89. The van der Waals surface area contributed by atoms with Crippen LogP contribution in [0.15, 0.2) is 29.3 Å². The maximum Gasteiger partial charge on any atom is 0.235 e. The van der Waals surface area contributed by atoms with Crippen LogP contribution in [0, 0.1) is 0 Å². The highest BCUT2D eigenvalue weighted by molar-refractivity contribution is 7.27. The first-order valence-corrected chi connectivity index (χ1v) is 3.78. The number of isocyanates is 1. The highest BCUT2D eigenvalue weighted by atomic mass is 31.0. The molecule has 1 aromatic rings. The van der Waals surface area contributed by atoms with Crippen molar-refractivity contribution in [1.29, 1.82) is 0 Å². The Bertz CT molecular complexity index is 275. The zero-order valence-electron chi connectivity index (χ0n) is 5.95. The third-order valence-electron chi connectivity index (χ3n) is 1.31. The summed E-state index contributed by atoms with van der Waals surface area (Å²) in [6.07, 6.45) is 1.50. The second-order valence-electron chi connectivity index (χ2n) is 2.15. The monoisotopic (exact) mass is 165 g/mol. The van der Waals surface area contributed by atoms with E-state index in [2.05, 4.69) is 14.2 Å². The van der Waals surface area contributed by atoms with Gasteiger partial charge in [0, 0.05) is 0 Å². The van der Waals surface area contributed by atoms with Crippen molar-refractivity contribution < 1.29 is 4.79 Å². The molecule has 2 nitrogen and oxygen atoms in total. The van der Waals surface area contributed by atoms with Crippen LogP contribution in [0.2, 0.25) is 0 Å². The summed E-state index contributed by atoms with van der Waals surface area (Å²) in [5.41, 5.74) is 1.03. The lowest BCUT2D eigenvalue weighted by atomic mass is 10.2. The molecule has 0 spiro atoms. The number of hydrogen-bond acceptors (Lipinski definition) is 2. The van der Waals surface area contributed by atoms with E-state index in [9.17, 15) is 4.79 Å². The van der Waals surface area contributed by atoms with Crippen molar-refractivity contribution in [2.45, 2.75) is 6.54 Å². The van der Waals surface area contributed by atoms with Gasteiger partial charge >= 0.3 is 0 Å². The Hall–Kier alpha value is -0.970. The molecule has 0 aliphatic rings. The van der Waals surface area contributed by atoms with E-state index in [1.165, 1.54) is 6.08 Å². The number of benzene rings is 1. The average Bonchev–Trinajstić information content (AvgIpc) is 2.04. The van der Waals surface area contributed by atoms with Gasteiger partial charge in [-0.3, -0.25) is 0 Å². The van der Waals surface area contributed by atoms with Crippen LogP contribution in [0.5, 0.6) is 0 Å². The van der Waals surface area contributed by atoms with Crippen LogP contribution in [0.1, 0.15) is 5.56 Å². The normalized spacial score (nSPS) is 8.82. The minimum Gasteiger partial charge on any atom is -0.211 e. The summed E-state index contributed by atoms with van der Waals surface area (Å²) >= 11 is 0. The van der Waals surface area contributed by atoms with Crippen LogP contribution < -0.4 is 5.30 Å². The molecule has 1 rings (SSSR count). The summed E-state index contributed by atoms with van der Waals surface area (Å²) in [5, 5.41) is 1.13. The SMILES string of the molecule is O=C=NCc1ccc(P)cc1. The van der Waals surface area contributed by atoms with Crippen LogP contribution in [0.3, 0.4) is 0 Å². The second kappa shape index (κ2) is 4.02. The molecule has 1 aromatic carbocycles. The fourth-order valence-electron chi connectivity index (χ4n) is 0.747. The minimum absolute atomic E-state index is 0.425. The molecule has 56 valence electrons. The van der Waals surface area contributed by atoms with Gasteiger partial charge < -0.3 is 0 Å². The van der Waals surface area contributed by atoms with Gasteiger partial charge in [0.15, 0.2) is 0 Å². The van der Waals surface area contributed by atoms with E-state index in [0.29, 0.717) is 6.54 Å². The van der Waals surface area contributed by atoms with Gasteiger partial charge in [0.05, 0.1) is 6.54 Å². The Labute approximate surface area is 67.5 Å². The summed E-state index contributed by atoms with van der Waals surface area (Å²) < 4.78 is 0. The van der Waals surface area contributed by atoms with Gasteiger partial charge in [0.2, 0.25) is 6.08 Å². The number of carbonyl (C=O) groups excluding carboxylic acids is 1. The van der Waals surface area contributed by atoms with Crippen molar-refractivity contribution in [2.75, 3.05) is 0 Å². The van der Waals surface area contributed by atoms with E-state index in [0.717, 1.165) is 10.9 Å². The van der Waals surface area contributed by atoms with Crippen molar-refractivity contribution in [3.8, 4) is 0 Å². The van der Waals surface area contributed by atoms with Crippen LogP contribution in [0.4, 0.5) is 0 Å².